The first-order chi connectivity index (χ1) is 12.5. The molecular formula is C20H29NO5. The Labute approximate surface area is 155 Å². The molecular weight excluding hydrogens is 334 g/mol. The lowest BCUT2D eigenvalue weighted by atomic mass is 9.93. The Bertz CT molecular complexity index is 586. The number of likely N-dealkylation sites (tertiary alicyclic amines) is 1. The van der Waals surface area contributed by atoms with Gasteiger partial charge in [-0.2, -0.15) is 0 Å². The van der Waals surface area contributed by atoms with Crippen molar-refractivity contribution >= 4 is 11.9 Å². The zero-order valence-electron chi connectivity index (χ0n) is 15.6. The summed E-state index contributed by atoms with van der Waals surface area (Å²) < 4.78 is 10.7. The standard InChI is InChI=1S/C20H29NO5/c1-15-5-8-17(20(23)24)14-21(15)19(22)4-3-12-26-18-9-6-16(7-10-18)11-13-25-2/h6-7,9-10,15,17H,3-5,8,11-14H2,1-2H3,(H,23,24). The fourth-order valence-electron chi connectivity index (χ4n) is 3.19. The van der Waals surface area contributed by atoms with Crippen molar-refractivity contribution in [3.8, 4) is 5.75 Å². The highest BCUT2D eigenvalue weighted by Crippen LogP contribution is 2.23. The van der Waals surface area contributed by atoms with E-state index in [1.807, 2.05) is 31.2 Å². The molecule has 1 aliphatic rings. The molecule has 0 bridgehead atoms. The third-order valence-electron chi connectivity index (χ3n) is 4.87. The van der Waals surface area contributed by atoms with Crippen LogP contribution in [0.5, 0.6) is 5.75 Å². The summed E-state index contributed by atoms with van der Waals surface area (Å²) >= 11 is 0. The third-order valence-corrected chi connectivity index (χ3v) is 4.87. The predicted octanol–water partition coefficient (Wildman–Crippen LogP) is 2.75. The van der Waals surface area contributed by atoms with Crippen LogP contribution in [0.1, 0.15) is 38.2 Å². The van der Waals surface area contributed by atoms with E-state index in [0.717, 1.165) is 18.6 Å². The van der Waals surface area contributed by atoms with Gasteiger partial charge in [0.25, 0.3) is 0 Å². The number of methoxy groups -OCH3 is 1. The number of rotatable bonds is 9. The third kappa shape index (κ3) is 6.02. The Morgan fingerprint density at radius 3 is 2.58 bits per heavy atom. The predicted molar refractivity (Wildman–Crippen MR) is 98.3 cm³/mol. The molecule has 6 heteroatoms. The molecule has 0 radical (unpaired) electrons. The number of nitrogens with zero attached hydrogens (tertiary/aromatic N) is 1. The maximum atomic E-state index is 12.4. The van der Waals surface area contributed by atoms with Gasteiger partial charge in [-0.15, -0.1) is 0 Å². The SMILES string of the molecule is COCCc1ccc(OCCCC(=O)N2CC(C(=O)O)CCC2C)cc1. The van der Waals surface area contributed by atoms with Crippen molar-refractivity contribution in [3.05, 3.63) is 29.8 Å². The highest BCUT2D eigenvalue weighted by Gasteiger charge is 2.32. The highest BCUT2D eigenvalue weighted by atomic mass is 16.5. The molecule has 2 unspecified atom stereocenters. The van der Waals surface area contributed by atoms with Crippen molar-refractivity contribution in [1.82, 2.24) is 4.90 Å². The van der Waals surface area contributed by atoms with Gasteiger partial charge in [0, 0.05) is 26.1 Å². The number of benzene rings is 1. The molecule has 1 fully saturated rings. The smallest absolute Gasteiger partial charge is 0.308 e. The second-order valence-corrected chi connectivity index (χ2v) is 6.85. The molecule has 0 saturated carbocycles. The minimum absolute atomic E-state index is 0.0157. The zero-order valence-corrected chi connectivity index (χ0v) is 15.6. The number of hydrogen-bond donors (Lipinski definition) is 1. The van der Waals surface area contributed by atoms with E-state index in [1.54, 1.807) is 12.0 Å². The number of carboxylic acid groups (broad SMARTS) is 1. The number of amides is 1. The minimum atomic E-state index is -0.813. The first-order valence-corrected chi connectivity index (χ1v) is 9.24. The summed E-state index contributed by atoms with van der Waals surface area (Å²) in [5, 5.41) is 9.17. The summed E-state index contributed by atoms with van der Waals surface area (Å²) in [4.78, 5) is 25.3. The number of piperidine rings is 1. The summed E-state index contributed by atoms with van der Waals surface area (Å²) in [7, 11) is 1.69. The molecule has 1 aliphatic heterocycles. The van der Waals surface area contributed by atoms with E-state index >= 15 is 0 Å². The fraction of sp³-hybridized carbons (Fsp3) is 0.600. The molecule has 144 valence electrons. The van der Waals surface area contributed by atoms with Gasteiger partial charge in [-0.05, 0) is 50.3 Å². The van der Waals surface area contributed by atoms with Gasteiger partial charge < -0.3 is 19.5 Å². The Hall–Kier alpha value is -2.08. The zero-order chi connectivity index (χ0) is 18.9. The normalized spacial score (nSPS) is 20.0. The van der Waals surface area contributed by atoms with Crippen molar-refractivity contribution in [3.63, 3.8) is 0 Å². The van der Waals surface area contributed by atoms with Gasteiger partial charge >= 0.3 is 5.97 Å². The van der Waals surface area contributed by atoms with Crippen molar-refractivity contribution < 1.29 is 24.2 Å². The highest BCUT2D eigenvalue weighted by molar-refractivity contribution is 5.78. The van der Waals surface area contributed by atoms with Gasteiger partial charge in [0.15, 0.2) is 0 Å². The maximum absolute atomic E-state index is 12.4. The van der Waals surface area contributed by atoms with E-state index < -0.39 is 11.9 Å². The second kappa shape index (κ2) is 10.2. The average molecular weight is 363 g/mol. The molecule has 2 rings (SSSR count). The van der Waals surface area contributed by atoms with Gasteiger partial charge in [-0.3, -0.25) is 9.59 Å². The van der Waals surface area contributed by atoms with Crippen LogP contribution in [0.3, 0.4) is 0 Å². The summed E-state index contributed by atoms with van der Waals surface area (Å²) in [6.45, 7) is 3.46. The second-order valence-electron chi connectivity index (χ2n) is 6.85. The largest absolute Gasteiger partial charge is 0.494 e. The molecule has 1 heterocycles. The van der Waals surface area contributed by atoms with E-state index in [4.69, 9.17) is 14.6 Å². The summed E-state index contributed by atoms with van der Waals surface area (Å²) in [5.74, 6) is -0.451. The van der Waals surface area contributed by atoms with Gasteiger partial charge in [0.2, 0.25) is 5.91 Å². The van der Waals surface area contributed by atoms with E-state index in [1.165, 1.54) is 5.56 Å². The lowest BCUT2D eigenvalue weighted by Crippen LogP contribution is -2.47. The Kier molecular flexibility index (Phi) is 7.91. The van der Waals surface area contributed by atoms with Crippen molar-refractivity contribution in [1.29, 1.82) is 0 Å². The molecule has 26 heavy (non-hydrogen) atoms. The van der Waals surface area contributed by atoms with Crippen LogP contribution in [0.15, 0.2) is 24.3 Å². The molecule has 6 nitrogen and oxygen atoms in total. The molecule has 1 aromatic carbocycles. The lowest BCUT2D eigenvalue weighted by molar-refractivity contribution is -0.147. The number of hydrogen-bond acceptors (Lipinski definition) is 4. The van der Waals surface area contributed by atoms with Crippen LogP contribution in [0.25, 0.3) is 0 Å². The van der Waals surface area contributed by atoms with Crippen LogP contribution >= 0.6 is 0 Å². The van der Waals surface area contributed by atoms with E-state index in [-0.39, 0.29) is 11.9 Å². The van der Waals surface area contributed by atoms with Crippen molar-refractivity contribution in [2.45, 2.75) is 45.1 Å². The van der Waals surface area contributed by atoms with E-state index in [0.29, 0.717) is 39.0 Å². The number of carbonyl (C=O) groups excluding carboxylic acids is 1. The van der Waals surface area contributed by atoms with Crippen LogP contribution in [0, 0.1) is 5.92 Å². The number of aliphatic carboxylic acids is 1. The molecule has 0 spiro atoms. The van der Waals surface area contributed by atoms with Crippen LogP contribution in [-0.2, 0) is 20.7 Å². The van der Waals surface area contributed by atoms with Crippen LogP contribution < -0.4 is 4.74 Å². The molecule has 1 aromatic rings. The number of carboxylic acids is 1. The van der Waals surface area contributed by atoms with Crippen LogP contribution in [0.4, 0.5) is 0 Å². The van der Waals surface area contributed by atoms with Crippen LogP contribution in [-0.4, -0.2) is 54.8 Å². The summed E-state index contributed by atoms with van der Waals surface area (Å²) in [5.41, 5.74) is 1.20. The first kappa shape index (κ1) is 20.2. The topological polar surface area (TPSA) is 76.1 Å². The molecule has 1 saturated heterocycles. The molecule has 0 aromatic heterocycles. The minimum Gasteiger partial charge on any atom is -0.494 e. The summed E-state index contributed by atoms with van der Waals surface area (Å²) in [6, 6.07) is 7.99. The number of ether oxygens (including phenoxy) is 2. The molecule has 0 aliphatic carbocycles. The molecule has 2 atom stereocenters. The lowest BCUT2D eigenvalue weighted by Gasteiger charge is -2.36. The van der Waals surface area contributed by atoms with Gasteiger partial charge in [0.05, 0.1) is 19.1 Å². The average Bonchev–Trinajstić information content (AvgIpc) is 2.64. The maximum Gasteiger partial charge on any atom is 0.308 e. The van der Waals surface area contributed by atoms with Gasteiger partial charge in [0.1, 0.15) is 5.75 Å². The van der Waals surface area contributed by atoms with E-state index in [2.05, 4.69) is 0 Å². The van der Waals surface area contributed by atoms with Crippen molar-refractivity contribution in [2.75, 3.05) is 26.9 Å². The van der Waals surface area contributed by atoms with Crippen molar-refractivity contribution in [2.24, 2.45) is 5.92 Å². The Balaban J connectivity index is 1.71. The van der Waals surface area contributed by atoms with Gasteiger partial charge in [-0.25, -0.2) is 0 Å². The Morgan fingerprint density at radius 2 is 1.92 bits per heavy atom. The molecule has 1 N–H and O–H groups in total. The molecule has 1 amide bonds. The fourth-order valence-corrected chi connectivity index (χ4v) is 3.19. The number of carbonyl (C=O) groups is 2. The monoisotopic (exact) mass is 363 g/mol. The Morgan fingerprint density at radius 1 is 1.19 bits per heavy atom. The first-order valence-electron chi connectivity index (χ1n) is 9.24. The van der Waals surface area contributed by atoms with Crippen LogP contribution in [0.2, 0.25) is 0 Å². The van der Waals surface area contributed by atoms with E-state index in [9.17, 15) is 9.59 Å². The summed E-state index contributed by atoms with van der Waals surface area (Å²) in [6.07, 6.45) is 3.25. The van der Waals surface area contributed by atoms with Gasteiger partial charge in [-0.1, -0.05) is 12.1 Å². The quantitative estimate of drug-likeness (QED) is 0.683.